The Balaban J connectivity index is 2.15. The van der Waals surface area contributed by atoms with E-state index in [0.29, 0.717) is 6.61 Å². The Kier molecular flexibility index (Phi) is 4.18. The zero-order valence-corrected chi connectivity index (χ0v) is 11.1. The molecule has 17 heavy (non-hydrogen) atoms. The van der Waals surface area contributed by atoms with Gasteiger partial charge in [-0.1, -0.05) is 40.2 Å². The van der Waals surface area contributed by atoms with Crippen LogP contribution < -0.4 is 4.74 Å². The maximum absolute atomic E-state index is 5.72. The summed E-state index contributed by atoms with van der Waals surface area (Å²) in [4.78, 5) is 0. The van der Waals surface area contributed by atoms with Crippen molar-refractivity contribution >= 4 is 15.9 Å². The molecular formula is C14H13BrO2. The van der Waals surface area contributed by atoms with Crippen molar-refractivity contribution in [2.75, 3.05) is 7.11 Å². The monoisotopic (exact) mass is 292 g/mol. The summed E-state index contributed by atoms with van der Waals surface area (Å²) in [6, 6.07) is 15.6. The average Bonchev–Trinajstić information content (AvgIpc) is 2.34. The third-order valence-electron chi connectivity index (χ3n) is 2.30. The number of rotatable bonds is 4. The maximum atomic E-state index is 5.72. The van der Waals surface area contributed by atoms with E-state index in [1.54, 1.807) is 7.11 Å². The Morgan fingerprint density at radius 3 is 2.41 bits per heavy atom. The van der Waals surface area contributed by atoms with Crippen LogP contribution in [0.25, 0.3) is 0 Å². The lowest BCUT2D eigenvalue weighted by Gasteiger charge is -2.08. The van der Waals surface area contributed by atoms with Crippen LogP contribution in [0.2, 0.25) is 0 Å². The van der Waals surface area contributed by atoms with Gasteiger partial charge >= 0.3 is 0 Å². The molecule has 0 spiro atoms. The van der Waals surface area contributed by atoms with Crippen LogP contribution in [-0.2, 0) is 11.3 Å². The standard InChI is InChI=1S/C14H13BrO2/c1-16-10-11-7-8-13(9-14(11)15)17-12-5-3-2-4-6-12/h2-9H,10H2,1H3. The van der Waals surface area contributed by atoms with Crippen molar-refractivity contribution in [3.8, 4) is 11.5 Å². The number of halogens is 1. The average molecular weight is 293 g/mol. The first-order valence-electron chi connectivity index (χ1n) is 5.30. The van der Waals surface area contributed by atoms with E-state index in [-0.39, 0.29) is 0 Å². The van der Waals surface area contributed by atoms with Crippen LogP contribution in [0.1, 0.15) is 5.56 Å². The molecule has 0 fully saturated rings. The summed E-state index contributed by atoms with van der Waals surface area (Å²) in [7, 11) is 1.68. The van der Waals surface area contributed by atoms with Crippen LogP contribution in [-0.4, -0.2) is 7.11 Å². The SMILES string of the molecule is COCc1ccc(Oc2ccccc2)cc1Br. The molecule has 3 heteroatoms. The highest BCUT2D eigenvalue weighted by atomic mass is 79.9. The van der Waals surface area contributed by atoms with Gasteiger partial charge in [-0.3, -0.25) is 0 Å². The summed E-state index contributed by atoms with van der Waals surface area (Å²) in [6.07, 6.45) is 0. The molecule has 0 heterocycles. The Hall–Kier alpha value is -1.32. The molecule has 0 bridgehead atoms. The van der Waals surface area contributed by atoms with Gasteiger partial charge in [0.25, 0.3) is 0 Å². The molecule has 0 unspecified atom stereocenters. The summed E-state index contributed by atoms with van der Waals surface area (Å²) in [5.74, 6) is 1.64. The summed E-state index contributed by atoms with van der Waals surface area (Å²) in [5, 5.41) is 0. The molecule has 2 rings (SSSR count). The van der Waals surface area contributed by atoms with Crippen molar-refractivity contribution in [3.63, 3.8) is 0 Å². The second-order valence-corrected chi connectivity index (χ2v) is 4.46. The van der Waals surface area contributed by atoms with Crippen LogP contribution in [0.4, 0.5) is 0 Å². The van der Waals surface area contributed by atoms with Gasteiger partial charge in [0.05, 0.1) is 6.61 Å². The number of ether oxygens (including phenoxy) is 2. The minimum atomic E-state index is 0.589. The predicted molar refractivity (Wildman–Crippen MR) is 71.4 cm³/mol. The smallest absolute Gasteiger partial charge is 0.128 e. The van der Waals surface area contributed by atoms with E-state index in [2.05, 4.69) is 15.9 Å². The molecular weight excluding hydrogens is 280 g/mol. The molecule has 0 atom stereocenters. The zero-order chi connectivity index (χ0) is 12.1. The van der Waals surface area contributed by atoms with E-state index in [1.165, 1.54) is 0 Å². The maximum Gasteiger partial charge on any atom is 0.128 e. The predicted octanol–water partition coefficient (Wildman–Crippen LogP) is 4.39. The van der Waals surface area contributed by atoms with Crippen molar-refractivity contribution < 1.29 is 9.47 Å². The minimum Gasteiger partial charge on any atom is -0.457 e. The zero-order valence-electron chi connectivity index (χ0n) is 9.52. The number of hydrogen-bond donors (Lipinski definition) is 0. The topological polar surface area (TPSA) is 18.5 Å². The first-order valence-corrected chi connectivity index (χ1v) is 6.09. The van der Waals surface area contributed by atoms with Crippen LogP contribution in [0.5, 0.6) is 11.5 Å². The molecule has 0 aliphatic heterocycles. The van der Waals surface area contributed by atoms with E-state index in [1.807, 2.05) is 48.5 Å². The highest BCUT2D eigenvalue weighted by Crippen LogP contribution is 2.27. The van der Waals surface area contributed by atoms with Gasteiger partial charge < -0.3 is 9.47 Å². The van der Waals surface area contributed by atoms with E-state index >= 15 is 0 Å². The minimum absolute atomic E-state index is 0.589. The van der Waals surface area contributed by atoms with E-state index in [9.17, 15) is 0 Å². The molecule has 0 radical (unpaired) electrons. The van der Waals surface area contributed by atoms with Crippen LogP contribution in [0, 0.1) is 0 Å². The van der Waals surface area contributed by atoms with E-state index < -0.39 is 0 Å². The Labute approximate surface area is 109 Å². The summed E-state index contributed by atoms with van der Waals surface area (Å²) < 4.78 is 11.8. The fourth-order valence-electron chi connectivity index (χ4n) is 1.49. The van der Waals surface area contributed by atoms with Gasteiger partial charge in [0.2, 0.25) is 0 Å². The van der Waals surface area contributed by atoms with Gasteiger partial charge in [-0.05, 0) is 29.8 Å². The summed E-state index contributed by atoms with van der Waals surface area (Å²) in [5.41, 5.74) is 1.10. The lowest BCUT2D eigenvalue weighted by atomic mass is 10.2. The molecule has 2 nitrogen and oxygen atoms in total. The van der Waals surface area contributed by atoms with Crippen LogP contribution in [0.15, 0.2) is 53.0 Å². The first-order chi connectivity index (χ1) is 8.29. The second kappa shape index (κ2) is 5.84. The summed E-state index contributed by atoms with van der Waals surface area (Å²) >= 11 is 3.50. The third-order valence-corrected chi connectivity index (χ3v) is 3.04. The van der Waals surface area contributed by atoms with Gasteiger partial charge in [0.15, 0.2) is 0 Å². The van der Waals surface area contributed by atoms with Gasteiger partial charge in [0, 0.05) is 11.6 Å². The molecule has 0 aliphatic rings. The van der Waals surface area contributed by atoms with E-state index in [4.69, 9.17) is 9.47 Å². The molecule has 0 aromatic heterocycles. The van der Waals surface area contributed by atoms with E-state index in [0.717, 1.165) is 21.5 Å². The molecule has 2 aromatic carbocycles. The van der Waals surface area contributed by atoms with Gasteiger partial charge in [-0.15, -0.1) is 0 Å². The molecule has 0 amide bonds. The van der Waals surface area contributed by atoms with Crippen molar-refractivity contribution in [1.82, 2.24) is 0 Å². The van der Waals surface area contributed by atoms with Gasteiger partial charge in [0.1, 0.15) is 11.5 Å². The van der Waals surface area contributed by atoms with Crippen molar-refractivity contribution in [3.05, 3.63) is 58.6 Å². The summed E-state index contributed by atoms with van der Waals surface area (Å²) in [6.45, 7) is 0.589. The van der Waals surface area contributed by atoms with Crippen LogP contribution in [0.3, 0.4) is 0 Å². The van der Waals surface area contributed by atoms with Crippen LogP contribution >= 0.6 is 15.9 Å². The number of hydrogen-bond acceptors (Lipinski definition) is 2. The molecule has 88 valence electrons. The Bertz CT molecular complexity index is 483. The fraction of sp³-hybridized carbons (Fsp3) is 0.143. The van der Waals surface area contributed by atoms with Crippen molar-refractivity contribution in [1.29, 1.82) is 0 Å². The molecule has 0 aliphatic carbocycles. The quantitative estimate of drug-likeness (QED) is 0.832. The largest absolute Gasteiger partial charge is 0.457 e. The lowest BCUT2D eigenvalue weighted by molar-refractivity contribution is 0.184. The Morgan fingerprint density at radius 1 is 1.00 bits per heavy atom. The molecule has 0 saturated heterocycles. The molecule has 0 N–H and O–H groups in total. The van der Waals surface area contributed by atoms with Gasteiger partial charge in [-0.2, -0.15) is 0 Å². The molecule has 0 saturated carbocycles. The Morgan fingerprint density at radius 2 is 1.76 bits per heavy atom. The second-order valence-electron chi connectivity index (χ2n) is 3.60. The number of methoxy groups -OCH3 is 1. The first kappa shape index (κ1) is 12.1. The third kappa shape index (κ3) is 3.32. The van der Waals surface area contributed by atoms with Crippen molar-refractivity contribution in [2.24, 2.45) is 0 Å². The lowest BCUT2D eigenvalue weighted by Crippen LogP contribution is -1.90. The normalized spacial score (nSPS) is 10.2. The highest BCUT2D eigenvalue weighted by molar-refractivity contribution is 9.10. The van der Waals surface area contributed by atoms with Gasteiger partial charge in [-0.25, -0.2) is 0 Å². The fourth-order valence-corrected chi connectivity index (χ4v) is 1.96. The number of benzene rings is 2. The van der Waals surface area contributed by atoms with Crippen molar-refractivity contribution in [2.45, 2.75) is 6.61 Å². The molecule has 2 aromatic rings. The highest BCUT2D eigenvalue weighted by Gasteiger charge is 2.02. The number of para-hydroxylation sites is 1.